The lowest BCUT2D eigenvalue weighted by atomic mass is 9.99. The Morgan fingerprint density at radius 1 is 1.39 bits per heavy atom. The van der Waals surface area contributed by atoms with Crippen LogP contribution in [0.1, 0.15) is 23.6 Å². The van der Waals surface area contributed by atoms with Crippen LogP contribution >= 0.6 is 0 Å². The molecule has 9 heteroatoms. The van der Waals surface area contributed by atoms with E-state index in [2.05, 4.69) is 20.5 Å². The van der Waals surface area contributed by atoms with Crippen molar-refractivity contribution in [2.45, 2.75) is 32.1 Å². The van der Waals surface area contributed by atoms with E-state index >= 15 is 0 Å². The van der Waals surface area contributed by atoms with Gasteiger partial charge in [0.15, 0.2) is 5.82 Å². The maximum absolute atomic E-state index is 12.9. The second-order valence-corrected chi connectivity index (χ2v) is 5.32. The van der Waals surface area contributed by atoms with Crippen molar-refractivity contribution in [2.24, 2.45) is 5.92 Å². The number of rotatable bonds is 3. The number of nitriles is 1. The van der Waals surface area contributed by atoms with E-state index < -0.39 is 12.1 Å². The number of aryl methyl sites for hydroxylation is 1. The molecule has 0 saturated heterocycles. The molecule has 0 bridgehead atoms. The van der Waals surface area contributed by atoms with Crippen molar-refractivity contribution in [3.05, 3.63) is 35.5 Å². The standard InChI is InChI=1S/C14H13F3N6/c15-14(16,17)10-1-2-12-21-22-13(23(12)8-10)7-20-11-5-9(6-18)3-4-19-11/h3-5,10H,1-2,7-8H2,(H,19,20). The predicted octanol–water partition coefficient (Wildman–Crippen LogP) is 2.28. The maximum atomic E-state index is 12.9. The average Bonchev–Trinajstić information content (AvgIpc) is 2.94. The zero-order valence-electron chi connectivity index (χ0n) is 12.0. The maximum Gasteiger partial charge on any atom is 0.393 e. The van der Waals surface area contributed by atoms with Gasteiger partial charge in [-0.05, 0) is 18.6 Å². The quantitative estimate of drug-likeness (QED) is 0.938. The van der Waals surface area contributed by atoms with Crippen molar-refractivity contribution >= 4 is 5.82 Å². The number of nitrogens with one attached hydrogen (secondary N) is 1. The van der Waals surface area contributed by atoms with E-state index in [0.717, 1.165) is 0 Å². The molecule has 1 aliphatic heterocycles. The second-order valence-electron chi connectivity index (χ2n) is 5.32. The van der Waals surface area contributed by atoms with Crippen molar-refractivity contribution in [3.8, 4) is 6.07 Å². The van der Waals surface area contributed by atoms with Gasteiger partial charge in [0.1, 0.15) is 11.6 Å². The molecule has 1 atom stereocenters. The molecule has 120 valence electrons. The SMILES string of the molecule is N#Cc1ccnc(NCc2nnc3n2CC(C(F)(F)F)CC3)c1. The molecule has 1 N–H and O–H groups in total. The number of fused-ring (bicyclic) bond motifs is 1. The molecule has 1 aliphatic rings. The van der Waals surface area contributed by atoms with Crippen molar-refractivity contribution in [1.29, 1.82) is 5.26 Å². The highest BCUT2D eigenvalue weighted by Crippen LogP contribution is 2.34. The van der Waals surface area contributed by atoms with Crippen LogP contribution < -0.4 is 5.32 Å². The van der Waals surface area contributed by atoms with Crippen LogP contribution in [0.2, 0.25) is 0 Å². The lowest BCUT2D eigenvalue weighted by molar-refractivity contribution is -0.182. The summed E-state index contributed by atoms with van der Waals surface area (Å²) in [4.78, 5) is 4.05. The third kappa shape index (κ3) is 3.26. The summed E-state index contributed by atoms with van der Waals surface area (Å²) >= 11 is 0. The number of anilines is 1. The summed E-state index contributed by atoms with van der Waals surface area (Å²) in [6.45, 7) is 0.0357. The molecule has 2 aromatic rings. The fraction of sp³-hybridized carbons (Fsp3) is 0.429. The minimum absolute atomic E-state index is 0.0425. The Hall–Kier alpha value is -2.63. The topological polar surface area (TPSA) is 79.4 Å². The molecule has 3 rings (SSSR count). The van der Waals surface area contributed by atoms with Gasteiger partial charge in [0, 0.05) is 19.2 Å². The molecule has 0 amide bonds. The summed E-state index contributed by atoms with van der Waals surface area (Å²) in [5.41, 5.74) is 0.447. The molecule has 0 aliphatic carbocycles. The molecular formula is C14H13F3N6. The summed E-state index contributed by atoms with van der Waals surface area (Å²) in [6, 6.07) is 5.12. The number of pyridine rings is 1. The van der Waals surface area contributed by atoms with Crippen LogP contribution in [0.15, 0.2) is 18.3 Å². The molecule has 3 heterocycles. The lowest BCUT2D eigenvalue weighted by Crippen LogP contribution is -2.33. The smallest absolute Gasteiger partial charge is 0.363 e. The Morgan fingerprint density at radius 3 is 2.96 bits per heavy atom. The minimum atomic E-state index is -4.21. The summed E-state index contributed by atoms with van der Waals surface area (Å²) in [5, 5.41) is 19.7. The highest BCUT2D eigenvalue weighted by Gasteiger charge is 2.42. The van der Waals surface area contributed by atoms with E-state index in [1.807, 2.05) is 6.07 Å². The first kappa shape index (κ1) is 15.3. The number of alkyl halides is 3. The van der Waals surface area contributed by atoms with E-state index in [9.17, 15) is 13.2 Å². The van der Waals surface area contributed by atoms with E-state index in [-0.39, 0.29) is 25.9 Å². The summed E-state index contributed by atoms with van der Waals surface area (Å²) in [6.07, 6.45) is -2.42. The van der Waals surface area contributed by atoms with Crippen LogP contribution in [0.25, 0.3) is 0 Å². The van der Waals surface area contributed by atoms with Crippen molar-refractivity contribution in [1.82, 2.24) is 19.7 Å². The Bertz CT molecular complexity index is 746. The predicted molar refractivity (Wildman–Crippen MR) is 74.2 cm³/mol. The van der Waals surface area contributed by atoms with Gasteiger partial charge in [-0.2, -0.15) is 18.4 Å². The Morgan fingerprint density at radius 2 is 2.22 bits per heavy atom. The number of halogens is 3. The fourth-order valence-electron chi connectivity index (χ4n) is 2.55. The van der Waals surface area contributed by atoms with Crippen LogP contribution in [-0.4, -0.2) is 25.9 Å². The number of hydrogen-bond acceptors (Lipinski definition) is 5. The molecule has 0 fully saturated rings. The molecule has 23 heavy (non-hydrogen) atoms. The van der Waals surface area contributed by atoms with E-state index in [0.29, 0.717) is 23.0 Å². The normalized spacial score (nSPS) is 17.4. The van der Waals surface area contributed by atoms with Gasteiger partial charge in [0.2, 0.25) is 0 Å². The van der Waals surface area contributed by atoms with E-state index in [1.54, 1.807) is 12.1 Å². The molecule has 6 nitrogen and oxygen atoms in total. The van der Waals surface area contributed by atoms with E-state index in [4.69, 9.17) is 5.26 Å². The zero-order valence-corrected chi connectivity index (χ0v) is 12.0. The molecule has 0 saturated carbocycles. The fourth-order valence-corrected chi connectivity index (χ4v) is 2.55. The Labute approximate surface area is 130 Å². The molecule has 1 unspecified atom stereocenters. The number of hydrogen-bond donors (Lipinski definition) is 1. The van der Waals surface area contributed by atoms with Crippen molar-refractivity contribution in [2.75, 3.05) is 5.32 Å². The van der Waals surface area contributed by atoms with Gasteiger partial charge in [0.25, 0.3) is 0 Å². The number of aromatic nitrogens is 4. The van der Waals surface area contributed by atoms with Gasteiger partial charge >= 0.3 is 6.18 Å². The van der Waals surface area contributed by atoms with Gasteiger partial charge in [0.05, 0.1) is 24.1 Å². The zero-order chi connectivity index (χ0) is 16.4. The third-order valence-electron chi connectivity index (χ3n) is 3.80. The van der Waals surface area contributed by atoms with Crippen LogP contribution in [-0.2, 0) is 19.5 Å². The van der Waals surface area contributed by atoms with Crippen molar-refractivity contribution < 1.29 is 13.2 Å². The molecule has 2 aromatic heterocycles. The second kappa shape index (κ2) is 5.87. The van der Waals surface area contributed by atoms with Gasteiger partial charge in [-0.15, -0.1) is 10.2 Å². The molecule has 0 spiro atoms. The monoisotopic (exact) mass is 322 g/mol. The van der Waals surface area contributed by atoms with Gasteiger partial charge in [-0.3, -0.25) is 0 Å². The van der Waals surface area contributed by atoms with Crippen LogP contribution in [0.5, 0.6) is 0 Å². The first-order chi connectivity index (χ1) is 11.0. The molecule has 0 aromatic carbocycles. The molecule has 0 radical (unpaired) electrons. The first-order valence-electron chi connectivity index (χ1n) is 7.05. The van der Waals surface area contributed by atoms with Crippen LogP contribution in [0, 0.1) is 17.2 Å². The summed E-state index contributed by atoms with van der Waals surface area (Å²) in [7, 11) is 0. The Balaban J connectivity index is 1.73. The van der Waals surface area contributed by atoms with Gasteiger partial charge < -0.3 is 9.88 Å². The van der Waals surface area contributed by atoms with Crippen LogP contribution in [0.4, 0.5) is 19.0 Å². The largest absolute Gasteiger partial charge is 0.393 e. The van der Waals surface area contributed by atoms with Gasteiger partial charge in [-0.25, -0.2) is 4.98 Å². The molecular weight excluding hydrogens is 309 g/mol. The number of nitrogens with zero attached hydrogens (tertiary/aromatic N) is 5. The average molecular weight is 322 g/mol. The van der Waals surface area contributed by atoms with Crippen LogP contribution in [0.3, 0.4) is 0 Å². The Kier molecular flexibility index (Phi) is 3.90. The van der Waals surface area contributed by atoms with Gasteiger partial charge in [-0.1, -0.05) is 0 Å². The summed E-state index contributed by atoms with van der Waals surface area (Å²) in [5.74, 6) is 0.0912. The summed E-state index contributed by atoms with van der Waals surface area (Å²) < 4.78 is 40.2. The first-order valence-corrected chi connectivity index (χ1v) is 7.05. The highest BCUT2D eigenvalue weighted by molar-refractivity contribution is 5.42. The minimum Gasteiger partial charge on any atom is -0.363 e. The van der Waals surface area contributed by atoms with E-state index in [1.165, 1.54) is 10.8 Å². The third-order valence-corrected chi connectivity index (χ3v) is 3.80. The van der Waals surface area contributed by atoms with Crippen molar-refractivity contribution in [3.63, 3.8) is 0 Å². The lowest BCUT2D eigenvalue weighted by Gasteiger charge is -2.26. The highest BCUT2D eigenvalue weighted by atomic mass is 19.4.